The van der Waals surface area contributed by atoms with Gasteiger partial charge >= 0.3 is 5.97 Å². The number of H-pyrrole nitrogens is 1. The molecule has 0 amide bonds. The van der Waals surface area contributed by atoms with E-state index in [2.05, 4.69) is 4.98 Å². The molecule has 0 aliphatic rings. The van der Waals surface area contributed by atoms with Crippen molar-refractivity contribution < 1.29 is 19.1 Å². The van der Waals surface area contributed by atoms with Gasteiger partial charge in [0, 0.05) is 28.6 Å². The summed E-state index contributed by atoms with van der Waals surface area (Å²) in [5, 5.41) is 9.20. The first-order valence-electron chi connectivity index (χ1n) is 5.52. The molecule has 0 spiro atoms. The number of hydrogen-bond donors (Lipinski definition) is 2. The number of aromatic nitrogens is 1. The molecular formula is C13H12FNO3. The van der Waals surface area contributed by atoms with E-state index in [1.54, 1.807) is 6.92 Å². The number of fused-ring (bicyclic) bond motifs is 1. The van der Waals surface area contributed by atoms with Crippen molar-refractivity contribution in [2.75, 3.05) is 0 Å². The summed E-state index contributed by atoms with van der Waals surface area (Å²) in [6, 6.07) is 4.13. The van der Waals surface area contributed by atoms with Gasteiger partial charge in [0.15, 0.2) is 5.78 Å². The summed E-state index contributed by atoms with van der Waals surface area (Å²) in [5.74, 6) is -1.63. The number of carbonyl (C=O) groups is 2. The Labute approximate surface area is 102 Å². The van der Waals surface area contributed by atoms with Crippen molar-refractivity contribution in [3.05, 3.63) is 35.3 Å². The van der Waals surface area contributed by atoms with Crippen LogP contribution in [-0.2, 0) is 4.79 Å². The van der Waals surface area contributed by atoms with Crippen LogP contribution in [0.5, 0.6) is 0 Å². The fraction of sp³-hybridized carbons (Fsp3) is 0.231. The molecule has 2 aromatic rings. The molecule has 2 N–H and O–H groups in total. The van der Waals surface area contributed by atoms with E-state index >= 15 is 0 Å². The van der Waals surface area contributed by atoms with Crippen molar-refractivity contribution in [1.29, 1.82) is 0 Å². The lowest BCUT2D eigenvalue weighted by molar-refractivity contribution is -0.136. The number of benzene rings is 1. The van der Waals surface area contributed by atoms with E-state index in [1.165, 1.54) is 18.2 Å². The van der Waals surface area contributed by atoms with Crippen LogP contribution >= 0.6 is 0 Å². The van der Waals surface area contributed by atoms with Crippen LogP contribution in [0, 0.1) is 12.7 Å². The third-order valence-corrected chi connectivity index (χ3v) is 2.79. The Kier molecular flexibility index (Phi) is 3.14. The maximum absolute atomic E-state index is 13.0. The van der Waals surface area contributed by atoms with Crippen molar-refractivity contribution in [2.24, 2.45) is 0 Å². The highest BCUT2D eigenvalue weighted by molar-refractivity contribution is 6.09. The van der Waals surface area contributed by atoms with E-state index in [0.29, 0.717) is 22.2 Å². The summed E-state index contributed by atoms with van der Waals surface area (Å²) >= 11 is 0. The number of aryl methyl sites for hydroxylation is 1. The van der Waals surface area contributed by atoms with Crippen LogP contribution in [0.15, 0.2) is 18.2 Å². The van der Waals surface area contributed by atoms with Gasteiger partial charge < -0.3 is 10.1 Å². The van der Waals surface area contributed by atoms with Gasteiger partial charge in [0.2, 0.25) is 0 Å². The maximum Gasteiger partial charge on any atom is 0.303 e. The average molecular weight is 249 g/mol. The topological polar surface area (TPSA) is 70.2 Å². The Morgan fingerprint density at radius 3 is 2.72 bits per heavy atom. The number of carboxylic acid groups (broad SMARTS) is 1. The smallest absolute Gasteiger partial charge is 0.303 e. The summed E-state index contributed by atoms with van der Waals surface area (Å²) in [5.41, 5.74) is 1.63. The molecule has 0 unspecified atom stereocenters. The van der Waals surface area contributed by atoms with Crippen LogP contribution in [-0.4, -0.2) is 21.8 Å². The quantitative estimate of drug-likeness (QED) is 0.818. The first-order valence-corrected chi connectivity index (χ1v) is 5.52. The Bertz CT molecular complexity index is 630. The molecule has 0 saturated heterocycles. The van der Waals surface area contributed by atoms with E-state index in [9.17, 15) is 14.0 Å². The highest BCUT2D eigenvalue weighted by atomic mass is 19.1. The molecule has 0 aliphatic heterocycles. The molecular weight excluding hydrogens is 237 g/mol. The molecule has 0 bridgehead atoms. The van der Waals surface area contributed by atoms with Gasteiger partial charge in [-0.3, -0.25) is 9.59 Å². The van der Waals surface area contributed by atoms with Gasteiger partial charge in [0.1, 0.15) is 5.82 Å². The second kappa shape index (κ2) is 4.60. The molecule has 5 heteroatoms. The van der Waals surface area contributed by atoms with Gasteiger partial charge in [-0.1, -0.05) is 0 Å². The fourth-order valence-electron chi connectivity index (χ4n) is 2.01. The predicted octanol–water partition coefficient (Wildman–Crippen LogP) is 2.66. The van der Waals surface area contributed by atoms with E-state index in [-0.39, 0.29) is 24.4 Å². The maximum atomic E-state index is 13.0. The number of rotatable bonds is 4. The summed E-state index contributed by atoms with van der Waals surface area (Å²) in [6.07, 6.45) is -0.257. The molecule has 0 fully saturated rings. The van der Waals surface area contributed by atoms with Crippen molar-refractivity contribution in [3.8, 4) is 0 Å². The zero-order chi connectivity index (χ0) is 13.3. The first-order chi connectivity index (χ1) is 8.49. The van der Waals surface area contributed by atoms with Crippen LogP contribution in [0.3, 0.4) is 0 Å². The third kappa shape index (κ3) is 2.25. The number of ketones is 1. The lowest BCUT2D eigenvalue weighted by Crippen LogP contribution is -2.04. The summed E-state index contributed by atoms with van der Waals surface area (Å²) < 4.78 is 13.0. The Hall–Kier alpha value is -2.17. The van der Waals surface area contributed by atoms with E-state index < -0.39 is 5.97 Å². The number of nitrogens with one attached hydrogen (secondary N) is 1. The zero-order valence-electron chi connectivity index (χ0n) is 9.79. The molecule has 1 aromatic heterocycles. The second-order valence-corrected chi connectivity index (χ2v) is 4.13. The van der Waals surface area contributed by atoms with Crippen molar-refractivity contribution in [3.63, 3.8) is 0 Å². The lowest BCUT2D eigenvalue weighted by Gasteiger charge is -1.99. The molecule has 0 aliphatic carbocycles. The number of carboxylic acids is 1. The molecule has 2 rings (SSSR count). The summed E-state index contributed by atoms with van der Waals surface area (Å²) in [6.45, 7) is 1.71. The minimum absolute atomic E-state index is 0.0551. The van der Waals surface area contributed by atoms with Gasteiger partial charge in [-0.15, -0.1) is 0 Å². The molecule has 1 heterocycles. The highest BCUT2D eigenvalue weighted by Gasteiger charge is 2.17. The normalized spacial score (nSPS) is 10.8. The Balaban J connectivity index is 2.41. The summed E-state index contributed by atoms with van der Waals surface area (Å²) in [4.78, 5) is 25.3. The average Bonchev–Trinajstić information content (AvgIpc) is 2.61. The van der Waals surface area contributed by atoms with Crippen molar-refractivity contribution in [2.45, 2.75) is 19.8 Å². The van der Waals surface area contributed by atoms with Crippen LogP contribution in [0.1, 0.15) is 28.9 Å². The number of aliphatic carboxylic acids is 1. The molecule has 0 saturated carbocycles. The van der Waals surface area contributed by atoms with Gasteiger partial charge in [-0.2, -0.15) is 0 Å². The minimum atomic E-state index is -1.01. The minimum Gasteiger partial charge on any atom is -0.481 e. The van der Waals surface area contributed by atoms with E-state index in [4.69, 9.17) is 5.11 Å². The SMILES string of the molecule is Cc1[nH]c2cc(F)ccc2c1C(=O)CCC(=O)O. The largest absolute Gasteiger partial charge is 0.481 e. The molecule has 18 heavy (non-hydrogen) atoms. The summed E-state index contributed by atoms with van der Waals surface area (Å²) in [7, 11) is 0. The molecule has 0 radical (unpaired) electrons. The Morgan fingerprint density at radius 2 is 2.06 bits per heavy atom. The van der Waals surface area contributed by atoms with Crippen LogP contribution in [0.2, 0.25) is 0 Å². The lowest BCUT2D eigenvalue weighted by atomic mass is 10.0. The van der Waals surface area contributed by atoms with Crippen LogP contribution in [0.4, 0.5) is 4.39 Å². The fourth-order valence-corrected chi connectivity index (χ4v) is 2.01. The monoisotopic (exact) mass is 249 g/mol. The van der Waals surface area contributed by atoms with Crippen LogP contribution in [0.25, 0.3) is 10.9 Å². The molecule has 1 aromatic carbocycles. The van der Waals surface area contributed by atoms with Gasteiger partial charge in [0.05, 0.1) is 6.42 Å². The number of Topliss-reactive ketones (excluding diaryl/α,β-unsaturated/α-hetero) is 1. The van der Waals surface area contributed by atoms with Gasteiger partial charge in [0.25, 0.3) is 0 Å². The molecule has 0 atom stereocenters. The first kappa shape index (κ1) is 12.3. The molecule has 4 nitrogen and oxygen atoms in total. The van der Waals surface area contributed by atoms with Crippen molar-refractivity contribution >= 4 is 22.7 Å². The van der Waals surface area contributed by atoms with Gasteiger partial charge in [-0.25, -0.2) is 4.39 Å². The van der Waals surface area contributed by atoms with Gasteiger partial charge in [-0.05, 0) is 25.1 Å². The number of hydrogen-bond acceptors (Lipinski definition) is 2. The van der Waals surface area contributed by atoms with Crippen molar-refractivity contribution in [1.82, 2.24) is 4.98 Å². The van der Waals surface area contributed by atoms with E-state index in [1.807, 2.05) is 0 Å². The Morgan fingerprint density at radius 1 is 1.33 bits per heavy atom. The second-order valence-electron chi connectivity index (χ2n) is 4.13. The third-order valence-electron chi connectivity index (χ3n) is 2.79. The van der Waals surface area contributed by atoms with Crippen LogP contribution < -0.4 is 0 Å². The number of carbonyl (C=O) groups excluding carboxylic acids is 1. The number of halogens is 1. The zero-order valence-corrected chi connectivity index (χ0v) is 9.79. The van der Waals surface area contributed by atoms with E-state index in [0.717, 1.165) is 0 Å². The standard InChI is InChI=1S/C13H12FNO3/c1-7-13(11(16)4-5-12(17)18)9-3-2-8(14)6-10(9)15-7/h2-3,6,15H,4-5H2,1H3,(H,17,18). The predicted molar refractivity (Wildman–Crippen MR) is 64.2 cm³/mol. The number of aromatic amines is 1. The molecule has 94 valence electrons. The highest BCUT2D eigenvalue weighted by Crippen LogP contribution is 2.24.